The molecule has 0 bridgehead atoms. The molecule has 162 valence electrons. The van der Waals surface area contributed by atoms with Crippen molar-refractivity contribution >= 4 is 22.4 Å². The first kappa shape index (κ1) is 21.2. The molecule has 31 heavy (non-hydrogen) atoms. The summed E-state index contributed by atoms with van der Waals surface area (Å²) in [7, 11) is 1.65. The monoisotopic (exact) mass is 419 g/mol. The first-order valence-electron chi connectivity index (χ1n) is 10.7. The summed E-state index contributed by atoms with van der Waals surface area (Å²) in [6.07, 6.45) is 3.57. The number of fused-ring (bicyclic) bond motifs is 1. The average molecular weight is 420 g/mol. The van der Waals surface area contributed by atoms with E-state index in [0.29, 0.717) is 13.1 Å². The van der Waals surface area contributed by atoms with Gasteiger partial charge < -0.3 is 18.8 Å². The number of nitrogens with zero attached hydrogens (tertiary/aromatic N) is 1. The van der Waals surface area contributed by atoms with Crippen LogP contribution in [0.4, 0.5) is 0 Å². The number of aryl methyl sites for hydroxylation is 1. The van der Waals surface area contributed by atoms with Gasteiger partial charge in [0.15, 0.2) is 0 Å². The van der Waals surface area contributed by atoms with E-state index in [-0.39, 0.29) is 18.1 Å². The molecular weight excluding hydrogens is 390 g/mol. The molecule has 2 heterocycles. The van der Waals surface area contributed by atoms with Gasteiger partial charge in [0, 0.05) is 41.2 Å². The van der Waals surface area contributed by atoms with E-state index in [2.05, 4.69) is 18.2 Å². The second kappa shape index (κ2) is 8.60. The van der Waals surface area contributed by atoms with Gasteiger partial charge in [0.2, 0.25) is 5.91 Å². The fourth-order valence-electron chi connectivity index (χ4n) is 4.43. The molecule has 3 aromatic rings. The second-order valence-electron chi connectivity index (χ2n) is 8.30. The number of hydrogen-bond donors (Lipinski definition) is 0. The summed E-state index contributed by atoms with van der Waals surface area (Å²) < 4.78 is 17.4. The maximum atomic E-state index is 13.0. The molecule has 0 saturated carbocycles. The molecule has 0 spiro atoms. The number of morpholine rings is 1. The number of rotatable bonds is 4. The smallest absolute Gasteiger partial charge is 0.247 e. The molecule has 2 aromatic carbocycles. The first-order chi connectivity index (χ1) is 14.9. The van der Waals surface area contributed by atoms with Crippen molar-refractivity contribution in [2.75, 3.05) is 20.2 Å². The average Bonchev–Trinajstić information content (AvgIpc) is 3.18. The molecule has 0 aliphatic carbocycles. The van der Waals surface area contributed by atoms with Crippen LogP contribution in [0, 0.1) is 6.92 Å². The van der Waals surface area contributed by atoms with Crippen molar-refractivity contribution in [3.63, 3.8) is 0 Å². The van der Waals surface area contributed by atoms with Gasteiger partial charge in [-0.2, -0.15) is 0 Å². The first-order valence-corrected chi connectivity index (χ1v) is 10.7. The lowest BCUT2D eigenvalue weighted by atomic mass is 9.96. The summed E-state index contributed by atoms with van der Waals surface area (Å²) >= 11 is 0. The van der Waals surface area contributed by atoms with Crippen LogP contribution in [0.5, 0.6) is 5.75 Å². The molecule has 1 saturated heterocycles. The molecule has 1 aromatic heterocycles. The third kappa shape index (κ3) is 4.10. The third-order valence-corrected chi connectivity index (χ3v) is 5.83. The predicted octanol–water partition coefficient (Wildman–Crippen LogP) is 5.46. The van der Waals surface area contributed by atoms with E-state index in [1.807, 2.05) is 50.8 Å². The number of allylic oxidation sites excluding steroid dienone is 1. The van der Waals surface area contributed by atoms with Crippen molar-refractivity contribution < 1.29 is 18.7 Å². The second-order valence-corrected chi connectivity index (χ2v) is 8.30. The maximum Gasteiger partial charge on any atom is 0.247 e. The topological polar surface area (TPSA) is 51.9 Å². The number of benzene rings is 2. The van der Waals surface area contributed by atoms with Crippen molar-refractivity contribution in [3.05, 3.63) is 59.9 Å². The lowest BCUT2D eigenvalue weighted by Crippen LogP contribution is -2.47. The van der Waals surface area contributed by atoms with E-state index < -0.39 is 0 Å². The van der Waals surface area contributed by atoms with E-state index in [9.17, 15) is 4.79 Å². The predicted molar refractivity (Wildman–Crippen MR) is 123 cm³/mol. The summed E-state index contributed by atoms with van der Waals surface area (Å²) in [4.78, 5) is 14.8. The lowest BCUT2D eigenvalue weighted by Gasteiger charge is -2.34. The zero-order valence-corrected chi connectivity index (χ0v) is 18.8. The fraction of sp³-hybridized carbons (Fsp3) is 0.346. The summed E-state index contributed by atoms with van der Waals surface area (Å²) in [6, 6.07) is 12.2. The minimum absolute atomic E-state index is 0.00483. The molecule has 1 amide bonds. The van der Waals surface area contributed by atoms with Crippen molar-refractivity contribution in [1.29, 1.82) is 0 Å². The number of carbonyl (C=O) groups excluding carboxylic acids is 1. The molecular formula is C26H29NO4. The molecule has 2 atom stereocenters. The Morgan fingerprint density at radius 3 is 2.48 bits per heavy atom. The van der Waals surface area contributed by atoms with Crippen LogP contribution in [0.3, 0.4) is 0 Å². The maximum absolute atomic E-state index is 13.0. The van der Waals surface area contributed by atoms with Crippen LogP contribution in [0.1, 0.15) is 31.9 Å². The van der Waals surface area contributed by atoms with Crippen molar-refractivity contribution in [1.82, 2.24) is 4.90 Å². The fourth-order valence-corrected chi connectivity index (χ4v) is 4.43. The Labute approximate surface area is 183 Å². The molecule has 0 radical (unpaired) electrons. The van der Waals surface area contributed by atoms with Gasteiger partial charge in [-0.05, 0) is 44.9 Å². The normalized spacial score (nSPS) is 19.6. The zero-order chi connectivity index (χ0) is 22.1. The Bertz CT molecular complexity index is 1120. The van der Waals surface area contributed by atoms with Gasteiger partial charge in [0.05, 0.1) is 25.6 Å². The highest BCUT2D eigenvalue weighted by Gasteiger charge is 2.25. The molecule has 2 unspecified atom stereocenters. The Morgan fingerprint density at radius 2 is 1.84 bits per heavy atom. The summed E-state index contributed by atoms with van der Waals surface area (Å²) in [5.41, 5.74) is 5.59. The quantitative estimate of drug-likeness (QED) is 0.527. The summed E-state index contributed by atoms with van der Waals surface area (Å²) in [6.45, 7) is 9.14. The summed E-state index contributed by atoms with van der Waals surface area (Å²) in [5, 5.41) is 1.01. The van der Waals surface area contributed by atoms with Crippen molar-refractivity contribution in [3.8, 4) is 16.9 Å². The number of furan rings is 1. The van der Waals surface area contributed by atoms with Gasteiger partial charge in [-0.15, -0.1) is 0 Å². The number of ether oxygens (including phenoxy) is 2. The van der Waals surface area contributed by atoms with Crippen LogP contribution in [0.15, 0.2) is 53.2 Å². The number of carbonyl (C=O) groups is 1. The van der Waals surface area contributed by atoms with Crippen LogP contribution in [0.25, 0.3) is 27.7 Å². The molecule has 0 N–H and O–H groups in total. The highest BCUT2D eigenvalue weighted by molar-refractivity contribution is 6.01. The van der Waals surface area contributed by atoms with Gasteiger partial charge in [-0.3, -0.25) is 4.79 Å². The van der Waals surface area contributed by atoms with Crippen LogP contribution in [-0.2, 0) is 9.53 Å². The largest absolute Gasteiger partial charge is 0.496 e. The SMILES string of the molecule is COc1c(/C(C)=C/C(=O)N2CC(C)OC(C)C2)cc2c(-c3ccccc3)coc2c1C. The highest BCUT2D eigenvalue weighted by atomic mass is 16.5. The Morgan fingerprint density at radius 1 is 1.16 bits per heavy atom. The lowest BCUT2D eigenvalue weighted by molar-refractivity contribution is -0.137. The summed E-state index contributed by atoms with van der Waals surface area (Å²) in [5.74, 6) is 0.724. The van der Waals surface area contributed by atoms with E-state index in [0.717, 1.165) is 44.5 Å². The van der Waals surface area contributed by atoms with Crippen molar-refractivity contribution in [2.45, 2.75) is 39.9 Å². The van der Waals surface area contributed by atoms with Crippen LogP contribution in [-0.4, -0.2) is 43.2 Å². The number of hydrogen-bond acceptors (Lipinski definition) is 4. The van der Waals surface area contributed by atoms with E-state index in [1.54, 1.807) is 19.4 Å². The van der Waals surface area contributed by atoms with Gasteiger partial charge in [0.25, 0.3) is 0 Å². The molecule has 1 fully saturated rings. The molecule has 1 aliphatic rings. The molecule has 5 nitrogen and oxygen atoms in total. The van der Waals surface area contributed by atoms with Gasteiger partial charge in [-0.25, -0.2) is 0 Å². The van der Waals surface area contributed by atoms with E-state index in [1.165, 1.54) is 0 Å². The Kier molecular flexibility index (Phi) is 5.88. The zero-order valence-electron chi connectivity index (χ0n) is 18.8. The van der Waals surface area contributed by atoms with Crippen LogP contribution in [0.2, 0.25) is 0 Å². The van der Waals surface area contributed by atoms with Gasteiger partial charge in [0.1, 0.15) is 11.3 Å². The standard InChI is InChI=1S/C26H29NO4/c1-16(11-24(28)27-13-17(2)31-18(3)14-27)21-12-22-23(20-9-7-6-8-10-20)15-30-26(22)19(4)25(21)29-5/h6-12,15,17-18H,13-14H2,1-5H3/b16-11+. The van der Waals surface area contributed by atoms with Crippen LogP contribution >= 0.6 is 0 Å². The molecule has 1 aliphatic heterocycles. The Balaban J connectivity index is 1.77. The molecule has 5 heteroatoms. The van der Waals surface area contributed by atoms with E-state index >= 15 is 0 Å². The molecule has 4 rings (SSSR count). The minimum atomic E-state index is -0.00483. The number of amides is 1. The van der Waals surface area contributed by atoms with Gasteiger partial charge >= 0.3 is 0 Å². The minimum Gasteiger partial charge on any atom is -0.496 e. The number of methoxy groups -OCH3 is 1. The van der Waals surface area contributed by atoms with Gasteiger partial charge in [-0.1, -0.05) is 30.3 Å². The third-order valence-electron chi connectivity index (χ3n) is 5.83. The van der Waals surface area contributed by atoms with Crippen LogP contribution < -0.4 is 4.74 Å². The van der Waals surface area contributed by atoms with Crippen molar-refractivity contribution in [2.24, 2.45) is 0 Å². The Hall–Kier alpha value is -3.05. The highest BCUT2D eigenvalue weighted by Crippen LogP contribution is 2.40. The van der Waals surface area contributed by atoms with E-state index in [4.69, 9.17) is 13.9 Å².